The van der Waals surface area contributed by atoms with Crippen molar-refractivity contribution in [2.45, 2.75) is 32.1 Å². The van der Waals surface area contributed by atoms with Crippen LogP contribution in [-0.2, 0) is 23.9 Å². The Morgan fingerprint density at radius 3 is 2.55 bits per heavy atom. The Morgan fingerprint density at radius 1 is 1.28 bits per heavy atom. The van der Waals surface area contributed by atoms with Gasteiger partial charge in [0.2, 0.25) is 0 Å². The topological polar surface area (TPSA) is 200 Å². The second kappa shape index (κ2) is 7.87. The molecule has 29 heavy (non-hydrogen) atoms. The van der Waals surface area contributed by atoms with E-state index in [9.17, 15) is 29.4 Å². The van der Waals surface area contributed by atoms with Crippen LogP contribution in [0.1, 0.15) is 26.0 Å². The molecule has 13 heteroatoms. The van der Waals surface area contributed by atoms with E-state index in [0.29, 0.717) is 0 Å². The minimum atomic E-state index is -1.16. The SMILES string of the molecule is CC(=O)OC[C@H]1O[C@@H](n2cnc3c(N)[nH]c(=O)nc32)[C@H](CC(=O)O)[C@@H]1CC(=O)O. The predicted molar refractivity (Wildman–Crippen MR) is 94.6 cm³/mol. The van der Waals surface area contributed by atoms with Gasteiger partial charge in [0.15, 0.2) is 5.65 Å². The third kappa shape index (κ3) is 4.18. The van der Waals surface area contributed by atoms with Crippen molar-refractivity contribution in [1.82, 2.24) is 19.5 Å². The predicted octanol–water partition coefficient (Wildman–Crippen LogP) is -0.656. The standard InChI is InChI=1S/C16H19N5O8/c1-6(22)28-4-9-7(2-10(23)24)8(3-11(25)26)15(29-9)21-5-18-12-13(17)19-16(27)20-14(12)21/h5,7-9,15H,2-4H2,1H3,(H,23,24)(H,25,26)(H3,17,19,20,27)/t7-,8+,9+,15+/m0/s1. The number of nitrogen functional groups attached to an aromatic ring is 1. The second-order valence-corrected chi connectivity index (χ2v) is 6.67. The van der Waals surface area contributed by atoms with Crippen LogP contribution in [0, 0.1) is 11.8 Å². The van der Waals surface area contributed by atoms with Crippen LogP contribution in [0.5, 0.6) is 0 Å². The summed E-state index contributed by atoms with van der Waals surface area (Å²) in [5.41, 5.74) is 5.26. The van der Waals surface area contributed by atoms with E-state index in [4.69, 9.17) is 15.2 Å². The Morgan fingerprint density at radius 2 is 1.93 bits per heavy atom. The molecule has 156 valence electrons. The molecule has 0 spiro atoms. The molecule has 0 radical (unpaired) electrons. The van der Waals surface area contributed by atoms with Gasteiger partial charge in [-0.3, -0.25) is 23.9 Å². The first-order valence-corrected chi connectivity index (χ1v) is 8.62. The molecule has 1 saturated heterocycles. The summed E-state index contributed by atoms with van der Waals surface area (Å²) < 4.78 is 12.2. The summed E-state index contributed by atoms with van der Waals surface area (Å²) in [6.45, 7) is 0.943. The third-order valence-electron chi connectivity index (χ3n) is 4.73. The molecule has 3 rings (SSSR count). The number of carbonyl (C=O) groups is 3. The van der Waals surface area contributed by atoms with Crippen LogP contribution in [-0.4, -0.2) is 60.4 Å². The maximum absolute atomic E-state index is 11.7. The summed E-state index contributed by atoms with van der Waals surface area (Å²) in [4.78, 5) is 55.9. The van der Waals surface area contributed by atoms with Gasteiger partial charge in [-0.05, 0) is 0 Å². The molecule has 0 bridgehead atoms. The molecule has 2 aromatic heterocycles. The number of ether oxygens (including phenoxy) is 2. The summed E-state index contributed by atoms with van der Waals surface area (Å²) in [6, 6.07) is 0. The van der Waals surface area contributed by atoms with Gasteiger partial charge in [-0.2, -0.15) is 4.98 Å². The number of imidazole rings is 1. The normalized spacial score (nSPS) is 23.9. The van der Waals surface area contributed by atoms with Crippen LogP contribution in [0.2, 0.25) is 0 Å². The van der Waals surface area contributed by atoms with E-state index in [1.54, 1.807) is 0 Å². The number of hydrogen-bond acceptors (Lipinski definition) is 9. The van der Waals surface area contributed by atoms with Gasteiger partial charge in [-0.15, -0.1) is 0 Å². The van der Waals surface area contributed by atoms with Gasteiger partial charge < -0.3 is 25.4 Å². The molecule has 0 aromatic carbocycles. The molecule has 3 heterocycles. The summed E-state index contributed by atoms with van der Waals surface area (Å²) in [5.74, 6) is -4.52. The minimum absolute atomic E-state index is 0.0231. The lowest BCUT2D eigenvalue weighted by molar-refractivity contribution is -0.147. The van der Waals surface area contributed by atoms with Crippen LogP contribution < -0.4 is 11.4 Å². The van der Waals surface area contributed by atoms with E-state index in [1.807, 2.05) is 0 Å². The molecule has 13 nitrogen and oxygen atoms in total. The molecule has 4 atom stereocenters. The Labute approximate surface area is 162 Å². The first kappa shape index (κ1) is 20.3. The molecular formula is C16H19N5O8. The number of esters is 1. The molecule has 5 N–H and O–H groups in total. The highest BCUT2D eigenvalue weighted by atomic mass is 16.6. The summed E-state index contributed by atoms with van der Waals surface area (Å²) in [6.07, 6.45) is -1.41. The highest BCUT2D eigenvalue weighted by Gasteiger charge is 2.48. The van der Waals surface area contributed by atoms with Crippen molar-refractivity contribution in [2.75, 3.05) is 12.3 Å². The summed E-state index contributed by atoms with van der Waals surface area (Å²) in [7, 11) is 0. The van der Waals surface area contributed by atoms with Crippen molar-refractivity contribution in [2.24, 2.45) is 11.8 Å². The van der Waals surface area contributed by atoms with E-state index in [2.05, 4.69) is 15.0 Å². The van der Waals surface area contributed by atoms with Crippen LogP contribution in [0.3, 0.4) is 0 Å². The highest BCUT2D eigenvalue weighted by Crippen LogP contribution is 2.44. The lowest BCUT2D eigenvalue weighted by Crippen LogP contribution is -2.29. The molecule has 1 aliphatic heterocycles. The number of nitrogens with two attached hydrogens (primary N) is 1. The van der Waals surface area contributed by atoms with Gasteiger partial charge in [0.1, 0.15) is 24.2 Å². The number of carboxylic acids is 2. The van der Waals surface area contributed by atoms with Gasteiger partial charge in [0, 0.05) is 18.8 Å². The van der Waals surface area contributed by atoms with Crippen molar-refractivity contribution in [3.63, 3.8) is 0 Å². The summed E-state index contributed by atoms with van der Waals surface area (Å²) >= 11 is 0. The van der Waals surface area contributed by atoms with E-state index >= 15 is 0 Å². The molecule has 0 aliphatic carbocycles. The number of anilines is 1. The molecule has 0 amide bonds. The smallest absolute Gasteiger partial charge is 0.348 e. The molecule has 2 aromatic rings. The van der Waals surface area contributed by atoms with Gasteiger partial charge in [-0.25, -0.2) is 9.78 Å². The average molecular weight is 409 g/mol. The van der Waals surface area contributed by atoms with Crippen molar-refractivity contribution in [3.8, 4) is 0 Å². The number of rotatable bonds is 7. The zero-order valence-corrected chi connectivity index (χ0v) is 15.3. The van der Waals surface area contributed by atoms with Crippen LogP contribution in [0.25, 0.3) is 11.2 Å². The molecule has 0 unspecified atom stereocenters. The summed E-state index contributed by atoms with van der Waals surface area (Å²) in [5, 5.41) is 18.6. The number of aliphatic carboxylic acids is 2. The van der Waals surface area contributed by atoms with E-state index in [-0.39, 0.29) is 23.6 Å². The van der Waals surface area contributed by atoms with Gasteiger partial charge in [0.05, 0.1) is 25.3 Å². The Bertz CT molecular complexity index is 1010. The largest absolute Gasteiger partial charge is 0.481 e. The second-order valence-electron chi connectivity index (χ2n) is 6.67. The first-order chi connectivity index (χ1) is 13.7. The van der Waals surface area contributed by atoms with Crippen molar-refractivity contribution in [1.29, 1.82) is 0 Å². The minimum Gasteiger partial charge on any atom is -0.481 e. The number of nitrogens with one attached hydrogen (secondary N) is 1. The lowest BCUT2D eigenvalue weighted by Gasteiger charge is -2.22. The maximum atomic E-state index is 11.7. The zero-order valence-electron chi connectivity index (χ0n) is 15.3. The number of carboxylic acid groups (broad SMARTS) is 2. The maximum Gasteiger partial charge on any atom is 0.348 e. The average Bonchev–Trinajstić information content (AvgIpc) is 3.15. The monoisotopic (exact) mass is 409 g/mol. The van der Waals surface area contributed by atoms with Crippen molar-refractivity contribution >= 4 is 34.9 Å². The van der Waals surface area contributed by atoms with Gasteiger partial charge in [0.25, 0.3) is 0 Å². The molecule has 0 saturated carbocycles. The van der Waals surface area contributed by atoms with Crippen LogP contribution >= 0.6 is 0 Å². The quantitative estimate of drug-likeness (QED) is 0.423. The molecular weight excluding hydrogens is 390 g/mol. The van der Waals surface area contributed by atoms with Crippen molar-refractivity contribution in [3.05, 3.63) is 16.8 Å². The van der Waals surface area contributed by atoms with Crippen LogP contribution in [0.15, 0.2) is 11.1 Å². The number of aromatic amines is 1. The number of aromatic nitrogens is 4. The first-order valence-electron chi connectivity index (χ1n) is 8.62. The van der Waals surface area contributed by atoms with Gasteiger partial charge in [-0.1, -0.05) is 0 Å². The van der Waals surface area contributed by atoms with E-state index < -0.39 is 60.6 Å². The number of nitrogens with zero attached hydrogens (tertiary/aromatic N) is 3. The molecule has 1 fully saturated rings. The molecule has 1 aliphatic rings. The fraction of sp³-hybridized carbons (Fsp3) is 0.500. The van der Waals surface area contributed by atoms with E-state index in [1.165, 1.54) is 17.8 Å². The fourth-order valence-electron chi connectivity index (χ4n) is 3.58. The Kier molecular flexibility index (Phi) is 5.50. The van der Waals surface area contributed by atoms with Crippen LogP contribution in [0.4, 0.5) is 5.82 Å². The number of carbonyl (C=O) groups excluding carboxylic acids is 1. The Balaban J connectivity index is 2.05. The number of hydrogen-bond donors (Lipinski definition) is 4. The Hall–Kier alpha value is -3.48. The third-order valence-corrected chi connectivity index (χ3v) is 4.73. The lowest BCUT2D eigenvalue weighted by atomic mass is 9.84. The number of fused-ring (bicyclic) bond motifs is 1. The van der Waals surface area contributed by atoms with Gasteiger partial charge >= 0.3 is 23.6 Å². The highest BCUT2D eigenvalue weighted by molar-refractivity contribution is 5.81. The van der Waals surface area contributed by atoms with Crippen molar-refractivity contribution < 1.29 is 34.1 Å². The fourth-order valence-corrected chi connectivity index (χ4v) is 3.58. The van der Waals surface area contributed by atoms with E-state index in [0.717, 1.165) is 0 Å². The zero-order chi connectivity index (χ0) is 21.3. The number of H-pyrrole nitrogens is 1.